The van der Waals surface area contributed by atoms with Gasteiger partial charge in [0.2, 0.25) is 0 Å². The van der Waals surface area contributed by atoms with E-state index >= 15 is 0 Å². The molecule has 1 heterocycles. The topological polar surface area (TPSA) is 72.8 Å². The van der Waals surface area contributed by atoms with Gasteiger partial charge in [0.05, 0.1) is 12.5 Å². The number of ether oxygens (including phenoxy) is 2. The van der Waals surface area contributed by atoms with Gasteiger partial charge in [-0.05, 0) is 68.1 Å². The van der Waals surface area contributed by atoms with Gasteiger partial charge in [-0.15, -0.1) is 11.8 Å². The fourth-order valence-corrected chi connectivity index (χ4v) is 6.78. The van der Waals surface area contributed by atoms with Crippen LogP contribution < -0.4 is 0 Å². The van der Waals surface area contributed by atoms with E-state index in [1.807, 2.05) is 6.26 Å². The van der Waals surface area contributed by atoms with E-state index < -0.39 is 6.10 Å². The van der Waals surface area contributed by atoms with Crippen LogP contribution in [0.15, 0.2) is 23.8 Å². The third kappa shape index (κ3) is 4.75. The minimum absolute atomic E-state index is 0.0324. The fraction of sp³-hybridized carbons (Fsp3) is 0.760. The smallest absolute Gasteiger partial charge is 0.322 e. The first-order chi connectivity index (χ1) is 14.8. The van der Waals surface area contributed by atoms with E-state index in [1.54, 1.807) is 11.8 Å². The number of thioether (sulfide) groups is 1. The quantitative estimate of drug-likeness (QED) is 0.606. The van der Waals surface area contributed by atoms with Crippen molar-refractivity contribution in [2.45, 2.75) is 88.3 Å². The van der Waals surface area contributed by atoms with Crippen LogP contribution in [-0.2, 0) is 19.1 Å². The number of cyclic esters (lactones) is 1. The molecule has 0 aromatic carbocycles. The molecule has 2 fully saturated rings. The Kier molecular flexibility index (Phi) is 6.87. The Morgan fingerprint density at radius 1 is 1.29 bits per heavy atom. The number of carbonyl (C=O) groups excluding carboxylic acids is 2. The molecule has 31 heavy (non-hydrogen) atoms. The van der Waals surface area contributed by atoms with Gasteiger partial charge in [-0.1, -0.05) is 32.1 Å². The van der Waals surface area contributed by atoms with E-state index in [0.717, 1.165) is 38.5 Å². The van der Waals surface area contributed by atoms with E-state index in [4.69, 9.17) is 9.47 Å². The van der Waals surface area contributed by atoms with Crippen LogP contribution in [0.3, 0.4) is 0 Å². The second-order valence-electron chi connectivity index (χ2n) is 10.1. The van der Waals surface area contributed by atoms with Crippen molar-refractivity contribution in [3.05, 3.63) is 23.8 Å². The van der Waals surface area contributed by atoms with E-state index in [-0.39, 0.29) is 41.2 Å². The number of aliphatic hydroxyl groups is 1. The first kappa shape index (κ1) is 22.9. The van der Waals surface area contributed by atoms with Crippen LogP contribution in [0.2, 0.25) is 0 Å². The Bertz CT molecular complexity index is 750. The zero-order chi connectivity index (χ0) is 22.2. The number of carbonyl (C=O) groups is 2. The van der Waals surface area contributed by atoms with Crippen LogP contribution in [0, 0.1) is 23.7 Å². The number of hydrogen-bond acceptors (Lipinski definition) is 6. The van der Waals surface area contributed by atoms with Crippen molar-refractivity contribution in [3.63, 3.8) is 0 Å². The van der Waals surface area contributed by atoms with Gasteiger partial charge in [-0.25, -0.2) is 0 Å². The maximum atomic E-state index is 13.1. The lowest BCUT2D eigenvalue weighted by Crippen LogP contribution is -2.48. The predicted octanol–water partition coefficient (Wildman–Crippen LogP) is 4.44. The Morgan fingerprint density at radius 3 is 2.71 bits per heavy atom. The molecule has 3 aliphatic carbocycles. The summed E-state index contributed by atoms with van der Waals surface area (Å²) in [5, 5.41) is 9.94. The average Bonchev–Trinajstić information content (AvgIpc) is 2.66. The molecule has 0 radical (unpaired) electrons. The first-order valence-electron chi connectivity index (χ1n) is 11.8. The summed E-state index contributed by atoms with van der Waals surface area (Å²) < 4.78 is 11.4. The van der Waals surface area contributed by atoms with E-state index in [0.29, 0.717) is 24.2 Å². The molecule has 0 bridgehead atoms. The van der Waals surface area contributed by atoms with Crippen LogP contribution >= 0.6 is 11.8 Å². The molecule has 0 aromatic rings. The average molecular weight is 449 g/mol. The van der Waals surface area contributed by atoms with Crippen molar-refractivity contribution in [1.29, 1.82) is 0 Å². The second kappa shape index (κ2) is 9.30. The Labute approximate surface area is 190 Å². The van der Waals surface area contributed by atoms with Gasteiger partial charge in [0.1, 0.15) is 17.0 Å². The van der Waals surface area contributed by atoms with Crippen molar-refractivity contribution in [2.24, 2.45) is 23.7 Å². The molecule has 4 aliphatic rings. The molecule has 0 unspecified atom stereocenters. The van der Waals surface area contributed by atoms with Gasteiger partial charge in [0.15, 0.2) is 0 Å². The van der Waals surface area contributed by atoms with E-state index in [2.05, 4.69) is 32.1 Å². The minimum Gasteiger partial charge on any atom is -0.462 e. The second-order valence-corrected chi connectivity index (χ2v) is 11.3. The molecule has 1 saturated carbocycles. The summed E-state index contributed by atoms with van der Waals surface area (Å²) in [5.41, 5.74) is 1.28. The van der Waals surface area contributed by atoms with E-state index in [1.165, 1.54) is 5.57 Å². The van der Waals surface area contributed by atoms with Gasteiger partial charge < -0.3 is 14.6 Å². The van der Waals surface area contributed by atoms with Crippen molar-refractivity contribution < 1.29 is 24.2 Å². The summed E-state index contributed by atoms with van der Waals surface area (Å²) in [6.07, 6.45) is 13.9. The minimum atomic E-state index is -0.597. The molecule has 1 saturated heterocycles. The normalized spacial score (nSPS) is 39.0. The molecule has 4 rings (SSSR count). The molecular weight excluding hydrogens is 412 g/mol. The van der Waals surface area contributed by atoms with Gasteiger partial charge in [-0.3, -0.25) is 9.59 Å². The highest BCUT2D eigenvalue weighted by atomic mass is 32.2. The lowest BCUT2D eigenvalue weighted by atomic mass is 9.65. The zero-order valence-electron chi connectivity index (χ0n) is 18.9. The molecule has 0 amide bonds. The SMILES string of the molecule is CSC1(C(=O)O[C@H]2C[C@@H](C)C=C3C=C[C@H](C)[C@H](CC[C@@H]4C[C@@H](O)CC(=O)O4)[C@H]32)CCC1. The molecular formula is C25H36O5S. The number of rotatable bonds is 6. The molecule has 172 valence electrons. The summed E-state index contributed by atoms with van der Waals surface area (Å²) in [6, 6.07) is 0. The number of esters is 2. The van der Waals surface area contributed by atoms with E-state index in [9.17, 15) is 14.7 Å². The van der Waals surface area contributed by atoms with Crippen LogP contribution in [0.5, 0.6) is 0 Å². The molecule has 1 aliphatic heterocycles. The number of hydrogen-bond donors (Lipinski definition) is 1. The highest BCUT2D eigenvalue weighted by Crippen LogP contribution is 2.48. The number of fused-ring (bicyclic) bond motifs is 1. The highest BCUT2D eigenvalue weighted by Gasteiger charge is 2.48. The van der Waals surface area contributed by atoms with Gasteiger partial charge in [0.25, 0.3) is 0 Å². The molecule has 7 atom stereocenters. The summed E-state index contributed by atoms with van der Waals surface area (Å²) >= 11 is 1.64. The maximum absolute atomic E-state index is 13.1. The van der Waals surface area contributed by atoms with Gasteiger partial charge in [0, 0.05) is 12.3 Å². The number of aliphatic hydroxyl groups excluding tert-OH is 1. The summed E-state index contributed by atoms with van der Waals surface area (Å²) in [6.45, 7) is 4.42. The van der Waals surface area contributed by atoms with Crippen molar-refractivity contribution in [1.82, 2.24) is 0 Å². The van der Waals surface area contributed by atoms with Crippen LogP contribution in [-0.4, -0.2) is 46.4 Å². The molecule has 1 N–H and O–H groups in total. The van der Waals surface area contributed by atoms with Crippen LogP contribution in [0.4, 0.5) is 0 Å². The predicted molar refractivity (Wildman–Crippen MR) is 121 cm³/mol. The van der Waals surface area contributed by atoms with Crippen molar-refractivity contribution >= 4 is 23.7 Å². The molecule has 0 spiro atoms. The lowest BCUT2D eigenvalue weighted by Gasteiger charge is -2.45. The lowest BCUT2D eigenvalue weighted by molar-refractivity contribution is -0.162. The number of allylic oxidation sites excluding steroid dienone is 3. The van der Waals surface area contributed by atoms with Gasteiger partial charge >= 0.3 is 11.9 Å². The molecule has 0 aromatic heterocycles. The molecule has 5 nitrogen and oxygen atoms in total. The van der Waals surface area contributed by atoms with Gasteiger partial charge in [-0.2, -0.15) is 0 Å². The summed E-state index contributed by atoms with van der Waals surface area (Å²) in [5.74, 6) is 0.911. The van der Waals surface area contributed by atoms with Crippen LogP contribution in [0.25, 0.3) is 0 Å². The third-order valence-corrected chi connectivity index (χ3v) is 9.19. The van der Waals surface area contributed by atoms with Crippen molar-refractivity contribution in [2.75, 3.05) is 6.26 Å². The Hall–Kier alpha value is -1.27. The summed E-state index contributed by atoms with van der Waals surface area (Å²) in [4.78, 5) is 24.9. The largest absolute Gasteiger partial charge is 0.462 e. The van der Waals surface area contributed by atoms with Crippen LogP contribution in [0.1, 0.15) is 65.2 Å². The highest BCUT2D eigenvalue weighted by molar-refractivity contribution is 8.00. The third-order valence-electron chi connectivity index (χ3n) is 7.84. The monoisotopic (exact) mass is 448 g/mol. The maximum Gasteiger partial charge on any atom is 0.322 e. The Balaban J connectivity index is 1.49. The fourth-order valence-electron chi connectivity index (χ4n) is 5.87. The zero-order valence-corrected chi connectivity index (χ0v) is 19.7. The summed E-state index contributed by atoms with van der Waals surface area (Å²) in [7, 11) is 0. The molecule has 6 heteroatoms. The van der Waals surface area contributed by atoms with Crippen molar-refractivity contribution in [3.8, 4) is 0 Å². The standard InChI is InChI=1S/C25H36O5S/c1-15-11-17-6-5-16(2)20(8-7-19-13-18(26)14-22(27)29-19)23(17)21(12-15)30-24(28)25(31-3)9-4-10-25/h5-6,11,15-16,18-21,23,26H,4,7-10,12-14H2,1-3H3/t15-,16-,18+,19+,20-,21-,23-/m0/s1. The first-order valence-corrected chi connectivity index (χ1v) is 13.1. The Morgan fingerprint density at radius 2 is 2.06 bits per heavy atom.